The van der Waals surface area contributed by atoms with E-state index in [0.717, 1.165) is 24.3 Å². The average molecular weight is 267 g/mol. The minimum absolute atomic E-state index is 0.00336. The number of anilines is 1. The molecule has 0 bridgehead atoms. The Hall–Kier alpha value is -2.17. The molecule has 0 amide bonds. The van der Waals surface area contributed by atoms with Gasteiger partial charge in [0.05, 0.1) is 0 Å². The monoisotopic (exact) mass is 267 g/mol. The number of aryl methyl sites for hydroxylation is 1. The lowest BCUT2D eigenvalue weighted by Crippen LogP contribution is -2.00. The van der Waals surface area contributed by atoms with E-state index < -0.39 is 17.5 Å². The molecule has 5 heteroatoms. The fraction of sp³-hybridized carbons (Fsp3) is 0.143. The Morgan fingerprint density at radius 3 is 2.26 bits per heavy atom. The van der Waals surface area contributed by atoms with Crippen LogP contribution < -0.4 is 10.5 Å². The molecule has 2 aromatic rings. The van der Waals surface area contributed by atoms with Crippen LogP contribution in [0.25, 0.3) is 0 Å². The van der Waals surface area contributed by atoms with Gasteiger partial charge in [0.2, 0.25) is 0 Å². The lowest BCUT2D eigenvalue weighted by Gasteiger charge is -2.10. The molecule has 0 aliphatic heterocycles. The molecule has 0 unspecified atom stereocenters. The van der Waals surface area contributed by atoms with Crippen molar-refractivity contribution in [1.82, 2.24) is 0 Å². The van der Waals surface area contributed by atoms with Gasteiger partial charge in [-0.15, -0.1) is 0 Å². The standard InChI is InChI=1S/C14H12F3NO/c1-8-2-14(12(17)6-13(8)18)19-7-9-3-10(15)5-11(16)4-9/h2-6H,7,18H2,1H3. The molecule has 19 heavy (non-hydrogen) atoms. The molecule has 0 aliphatic rings. The first kappa shape index (κ1) is 13.3. The van der Waals surface area contributed by atoms with Crippen LogP contribution in [0, 0.1) is 24.4 Å². The zero-order chi connectivity index (χ0) is 14.0. The van der Waals surface area contributed by atoms with E-state index in [2.05, 4.69) is 0 Å². The molecule has 100 valence electrons. The SMILES string of the molecule is Cc1cc(OCc2cc(F)cc(F)c2)c(F)cc1N. The van der Waals surface area contributed by atoms with Gasteiger partial charge < -0.3 is 10.5 Å². The molecule has 2 rings (SSSR count). The number of rotatable bonds is 3. The van der Waals surface area contributed by atoms with Crippen LogP contribution in [0.15, 0.2) is 30.3 Å². The highest BCUT2D eigenvalue weighted by Gasteiger charge is 2.08. The van der Waals surface area contributed by atoms with Crippen LogP contribution in [0.2, 0.25) is 0 Å². The van der Waals surface area contributed by atoms with Crippen molar-refractivity contribution in [2.45, 2.75) is 13.5 Å². The van der Waals surface area contributed by atoms with E-state index in [1.165, 1.54) is 6.07 Å². The molecular weight excluding hydrogens is 255 g/mol. The van der Waals surface area contributed by atoms with E-state index in [9.17, 15) is 13.2 Å². The number of nitrogens with two attached hydrogens (primary N) is 1. The number of ether oxygens (including phenoxy) is 1. The second kappa shape index (κ2) is 5.22. The fourth-order valence-electron chi connectivity index (χ4n) is 1.64. The maximum atomic E-state index is 13.5. The third-order valence-corrected chi connectivity index (χ3v) is 2.64. The first-order valence-electron chi connectivity index (χ1n) is 5.59. The Morgan fingerprint density at radius 1 is 1.00 bits per heavy atom. The van der Waals surface area contributed by atoms with Crippen LogP contribution in [0.5, 0.6) is 5.75 Å². The van der Waals surface area contributed by atoms with Crippen molar-refractivity contribution in [3.63, 3.8) is 0 Å². The topological polar surface area (TPSA) is 35.2 Å². The molecule has 0 atom stereocenters. The van der Waals surface area contributed by atoms with E-state index in [1.807, 2.05) is 0 Å². The van der Waals surface area contributed by atoms with Gasteiger partial charge in [-0.05, 0) is 36.2 Å². The Balaban J connectivity index is 2.16. The van der Waals surface area contributed by atoms with Crippen LogP contribution in [-0.2, 0) is 6.61 Å². The van der Waals surface area contributed by atoms with Gasteiger partial charge in [0.15, 0.2) is 11.6 Å². The van der Waals surface area contributed by atoms with E-state index in [0.29, 0.717) is 11.3 Å². The predicted molar refractivity (Wildman–Crippen MR) is 66.2 cm³/mol. The molecule has 0 heterocycles. The quantitative estimate of drug-likeness (QED) is 0.863. The van der Waals surface area contributed by atoms with Gasteiger partial charge >= 0.3 is 0 Å². The molecule has 0 radical (unpaired) electrons. The summed E-state index contributed by atoms with van der Waals surface area (Å²) >= 11 is 0. The van der Waals surface area contributed by atoms with Crippen LogP contribution in [0.3, 0.4) is 0 Å². The van der Waals surface area contributed by atoms with Crippen molar-refractivity contribution in [2.24, 2.45) is 0 Å². The number of halogens is 3. The molecule has 2 aromatic carbocycles. The Kier molecular flexibility index (Phi) is 3.64. The van der Waals surface area contributed by atoms with Crippen LogP contribution >= 0.6 is 0 Å². The second-order valence-corrected chi connectivity index (χ2v) is 4.21. The Labute approximate surface area is 108 Å². The van der Waals surface area contributed by atoms with Crippen molar-refractivity contribution in [3.8, 4) is 5.75 Å². The fourth-order valence-corrected chi connectivity index (χ4v) is 1.64. The molecule has 0 aliphatic carbocycles. The third-order valence-electron chi connectivity index (χ3n) is 2.64. The number of hydrogen-bond acceptors (Lipinski definition) is 2. The maximum Gasteiger partial charge on any atom is 0.167 e. The van der Waals surface area contributed by atoms with Gasteiger partial charge in [0.25, 0.3) is 0 Å². The first-order chi connectivity index (χ1) is 8.95. The first-order valence-corrected chi connectivity index (χ1v) is 5.59. The van der Waals surface area contributed by atoms with Crippen LogP contribution in [0.4, 0.5) is 18.9 Å². The van der Waals surface area contributed by atoms with Crippen molar-refractivity contribution in [1.29, 1.82) is 0 Å². The van der Waals surface area contributed by atoms with Gasteiger partial charge in [-0.3, -0.25) is 0 Å². The molecule has 2 N–H and O–H groups in total. The summed E-state index contributed by atoms with van der Waals surface area (Å²) in [6.45, 7) is 1.58. The number of benzene rings is 2. The summed E-state index contributed by atoms with van der Waals surface area (Å²) in [7, 11) is 0. The zero-order valence-corrected chi connectivity index (χ0v) is 10.2. The van der Waals surface area contributed by atoms with Crippen LogP contribution in [-0.4, -0.2) is 0 Å². The van der Waals surface area contributed by atoms with Crippen molar-refractivity contribution < 1.29 is 17.9 Å². The average Bonchev–Trinajstić information content (AvgIpc) is 2.31. The summed E-state index contributed by atoms with van der Waals surface area (Å²) in [4.78, 5) is 0. The van der Waals surface area contributed by atoms with Crippen molar-refractivity contribution in [3.05, 3.63) is 58.9 Å². The van der Waals surface area contributed by atoms with E-state index >= 15 is 0 Å². The molecule has 0 spiro atoms. The number of hydrogen-bond donors (Lipinski definition) is 1. The van der Waals surface area contributed by atoms with Gasteiger partial charge in [-0.2, -0.15) is 0 Å². The Morgan fingerprint density at radius 2 is 1.63 bits per heavy atom. The number of nitrogen functional groups attached to an aromatic ring is 1. The van der Waals surface area contributed by atoms with Gasteiger partial charge in [-0.1, -0.05) is 0 Å². The molecule has 0 saturated heterocycles. The highest BCUT2D eigenvalue weighted by atomic mass is 19.1. The summed E-state index contributed by atoms with van der Waals surface area (Å²) < 4.78 is 44.7. The van der Waals surface area contributed by atoms with Gasteiger partial charge in [0, 0.05) is 17.8 Å². The molecule has 0 saturated carbocycles. The molecular formula is C14H12F3NO. The van der Waals surface area contributed by atoms with Crippen molar-refractivity contribution >= 4 is 5.69 Å². The minimum atomic E-state index is -0.701. The van der Waals surface area contributed by atoms with Gasteiger partial charge in [0.1, 0.15) is 18.2 Å². The summed E-state index contributed by atoms with van der Waals surface area (Å²) in [5, 5.41) is 0. The highest BCUT2D eigenvalue weighted by molar-refractivity contribution is 5.50. The third kappa shape index (κ3) is 3.19. The van der Waals surface area contributed by atoms with E-state index in [4.69, 9.17) is 10.5 Å². The summed E-state index contributed by atoms with van der Waals surface area (Å²) in [5.41, 5.74) is 6.81. The lowest BCUT2D eigenvalue weighted by molar-refractivity contribution is 0.289. The molecule has 0 aromatic heterocycles. The normalized spacial score (nSPS) is 10.5. The zero-order valence-electron chi connectivity index (χ0n) is 10.2. The summed E-state index contributed by atoms with van der Waals surface area (Å²) in [6.07, 6.45) is 0. The van der Waals surface area contributed by atoms with Gasteiger partial charge in [-0.25, -0.2) is 13.2 Å². The summed E-state index contributed by atoms with van der Waals surface area (Å²) in [6, 6.07) is 5.62. The van der Waals surface area contributed by atoms with E-state index in [1.54, 1.807) is 6.92 Å². The predicted octanol–water partition coefficient (Wildman–Crippen LogP) is 3.57. The minimum Gasteiger partial charge on any atom is -0.486 e. The lowest BCUT2D eigenvalue weighted by atomic mass is 10.2. The second-order valence-electron chi connectivity index (χ2n) is 4.21. The largest absolute Gasteiger partial charge is 0.486 e. The maximum absolute atomic E-state index is 13.5. The van der Waals surface area contributed by atoms with Crippen LogP contribution in [0.1, 0.15) is 11.1 Å². The Bertz CT molecular complexity index is 594. The molecule has 2 nitrogen and oxygen atoms in total. The molecule has 0 fully saturated rings. The highest BCUT2D eigenvalue weighted by Crippen LogP contribution is 2.24. The smallest absolute Gasteiger partial charge is 0.167 e. The van der Waals surface area contributed by atoms with E-state index in [-0.39, 0.29) is 17.9 Å². The summed E-state index contributed by atoms with van der Waals surface area (Å²) in [5.74, 6) is -2.02. The van der Waals surface area contributed by atoms with Crippen molar-refractivity contribution in [2.75, 3.05) is 5.73 Å².